The fraction of sp³-hybridized carbons (Fsp3) is 0.538. The van der Waals surface area contributed by atoms with Crippen LogP contribution in [0.5, 0.6) is 0 Å². The molecule has 0 unspecified atom stereocenters. The van der Waals surface area contributed by atoms with E-state index in [0.29, 0.717) is 19.4 Å². The van der Waals surface area contributed by atoms with Crippen LogP contribution in [0.25, 0.3) is 0 Å². The molecule has 18 heavy (non-hydrogen) atoms. The number of hydrogen-bond acceptors (Lipinski definition) is 3. The second-order valence-corrected chi connectivity index (χ2v) is 4.89. The molecule has 4 nitrogen and oxygen atoms in total. The molecule has 0 aliphatic heterocycles. The third kappa shape index (κ3) is 2.72. The van der Waals surface area contributed by atoms with Crippen molar-refractivity contribution in [3.05, 3.63) is 24.2 Å². The third-order valence-corrected chi connectivity index (χ3v) is 3.83. The molecule has 0 radical (unpaired) electrons. The molecular formula is C13H20N2O2S. The molecule has 0 bridgehead atoms. The van der Waals surface area contributed by atoms with Crippen LogP contribution in [0.1, 0.15) is 32.3 Å². The summed E-state index contributed by atoms with van der Waals surface area (Å²) in [7, 11) is 1.76. The van der Waals surface area contributed by atoms with Gasteiger partial charge in [0.2, 0.25) is 5.91 Å². The molecule has 0 spiro atoms. The van der Waals surface area contributed by atoms with E-state index in [2.05, 4.69) is 0 Å². The smallest absolute Gasteiger partial charge is 0.235 e. The zero-order chi connectivity index (χ0) is 13.8. The number of nitrogens with two attached hydrogens (primary N) is 1. The van der Waals surface area contributed by atoms with Gasteiger partial charge < -0.3 is 15.1 Å². The highest BCUT2D eigenvalue weighted by atomic mass is 32.1. The third-order valence-electron chi connectivity index (χ3n) is 3.43. The highest BCUT2D eigenvalue weighted by molar-refractivity contribution is 7.80. The van der Waals surface area contributed by atoms with Crippen LogP contribution in [-0.2, 0) is 11.3 Å². The summed E-state index contributed by atoms with van der Waals surface area (Å²) >= 11 is 5.08. The maximum Gasteiger partial charge on any atom is 0.235 e. The molecule has 100 valence electrons. The van der Waals surface area contributed by atoms with Crippen LogP contribution >= 0.6 is 12.2 Å². The van der Waals surface area contributed by atoms with E-state index in [-0.39, 0.29) is 10.9 Å². The van der Waals surface area contributed by atoms with E-state index < -0.39 is 5.41 Å². The van der Waals surface area contributed by atoms with Crippen molar-refractivity contribution in [1.82, 2.24) is 4.90 Å². The zero-order valence-electron chi connectivity index (χ0n) is 11.1. The number of amides is 1. The average molecular weight is 268 g/mol. The molecule has 1 rings (SSSR count). The Bertz CT molecular complexity index is 411. The van der Waals surface area contributed by atoms with E-state index in [4.69, 9.17) is 22.4 Å². The van der Waals surface area contributed by atoms with Crippen LogP contribution in [0, 0.1) is 5.41 Å². The van der Waals surface area contributed by atoms with Crippen LogP contribution in [-0.4, -0.2) is 22.8 Å². The molecule has 2 N–H and O–H groups in total. The lowest BCUT2D eigenvalue weighted by atomic mass is 9.80. The zero-order valence-corrected chi connectivity index (χ0v) is 11.9. The summed E-state index contributed by atoms with van der Waals surface area (Å²) in [4.78, 5) is 14.4. The van der Waals surface area contributed by atoms with Gasteiger partial charge in [-0.05, 0) is 18.9 Å². The molecule has 0 saturated carbocycles. The Morgan fingerprint density at radius 2 is 2.11 bits per heavy atom. The van der Waals surface area contributed by atoms with Gasteiger partial charge in [0.25, 0.3) is 0 Å². The van der Waals surface area contributed by atoms with Crippen molar-refractivity contribution in [2.75, 3.05) is 7.05 Å². The van der Waals surface area contributed by atoms with Gasteiger partial charge in [0.15, 0.2) is 0 Å². The first-order chi connectivity index (χ1) is 8.47. The van der Waals surface area contributed by atoms with Crippen molar-refractivity contribution in [3.63, 3.8) is 0 Å². The molecule has 0 aliphatic carbocycles. The van der Waals surface area contributed by atoms with Crippen molar-refractivity contribution in [2.24, 2.45) is 11.1 Å². The number of carbonyl (C=O) groups excluding carboxylic acids is 1. The largest absolute Gasteiger partial charge is 0.472 e. The standard InChI is InChI=1S/C13H20N2O2S/c1-4-13(5-2,11(14)18)12(16)15(3)8-10-6-7-17-9-10/h6-7,9H,4-5,8H2,1-3H3,(H2,14,18). The van der Waals surface area contributed by atoms with Crippen LogP contribution in [0.4, 0.5) is 0 Å². The molecule has 0 aromatic carbocycles. The number of thiocarbonyl (C=S) groups is 1. The molecule has 0 aliphatic rings. The molecule has 1 amide bonds. The van der Waals surface area contributed by atoms with E-state index in [1.165, 1.54) is 0 Å². The Hall–Kier alpha value is -1.36. The minimum absolute atomic E-state index is 0.0267. The van der Waals surface area contributed by atoms with Crippen molar-refractivity contribution < 1.29 is 9.21 Å². The maximum atomic E-state index is 12.5. The number of furan rings is 1. The van der Waals surface area contributed by atoms with Gasteiger partial charge in [0, 0.05) is 19.2 Å². The minimum atomic E-state index is -0.728. The quantitative estimate of drug-likeness (QED) is 0.804. The lowest BCUT2D eigenvalue weighted by Gasteiger charge is -2.33. The summed E-state index contributed by atoms with van der Waals surface area (Å²) in [6, 6.07) is 1.84. The number of nitrogens with zero attached hydrogens (tertiary/aromatic N) is 1. The lowest BCUT2D eigenvalue weighted by Crippen LogP contribution is -2.48. The van der Waals surface area contributed by atoms with Gasteiger partial charge in [0.05, 0.1) is 22.9 Å². The van der Waals surface area contributed by atoms with E-state index >= 15 is 0 Å². The van der Waals surface area contributed by atoms with Crippen LogP contribution in [0.2, 0.25) is 0 Å². The summed E-state index contributed by atoms with van der Waals surface area (Å²) in [5, 5.41) is 0. The molecule has 5 heteroatoms. The summed E-state index contributed by atoms with van der Waals surface area (Å²) in [6.07, 6.45) is 4.46. The van der Waals surface area contributed by atoms with E-state index in [9.17, 15) is 4.79 Å². The van der Waals surface area contributed by atoms with Gasteiger partial charge in [-0.1, -0.05) is 26.1 Å². The van der Waals surface area contributed by atoms with Gasteiger partial charge in [0.1, 0.15) is 0 Å². The van der Waals surface area contributed by atoms with Crippen molar-refractivity contribution in [1.29, 1.82) is 0 Å². The number of hydrogen-bond donors (Lipinski definition) is 1. The summed E-state index contributed by atoms with van der Waals surface area (Å²) in [6.45, 7) is 4.37. The van der Waals surface area contributed by atoms with Gasteiger partial charge in [-0.3, -0.25) is 4.79 Å². The van der Waals surface area contributed by atoms with Crippen LogP contribution in [0.15, 0.2) is 23.0 Å². The molecular weight excluding hydrogens is 248 g/mol. The fourth-order valence-electron chi connectivity index (χ4n) is 2.10. The first-order valence-corrected chi connectivity index (χ1v) is 6.45. The van der Waals surface area contributed by atoms with E-state index in [1.807, 2.05) is 19.9 Å². The van der Waals surface area contributed by atoms with Crippen LogP contribution < -0.4 is 5.73 Å². The molecule has 1 aromatic rings. The Balaban J connectivity index is 2.86. The van der Waals surface area contributed by atoms with Gasteiger partial charge >= 0.3 is 0 Å². The second kappa shape index (κ2) is 6.00. The highest BCUT2D eigenvalue weighted by Crippen LogP contribution is 2.29. The predicted octanol–water partition coefficient (Wildman–Crippen LogP) is 2.33. The Morgan fingerprint density at radius 1 is 1.50 bits per heavy atom. The van der Waals surface area contributed by atoms with Gasteiger partial charge in [-0.25, -0.2) is 0 Å². The summed E-state index contributed by atoms with van der Waals surface area (Å²) < 4.78 is 4.99. The lowest BCUT2D eigenvalue weighted by molar-refractivity contribution is -0.137. The van der Waals surface area contributed by atoms with Crippen molar-refractivity contribution in [3.8, 4) is 0 Å². The van der Waals surface area contributed by atoms with Gasteiger partial charge in [-0.15, -0.1) is 0 Å². The topological polar surface area (TPSA) is 59.5 Å². The Labute approximate surface area is 113 Å². The first-order valence-electron chi connectivity index (χ1n) is 6.04. The molecule has 0 fully saturated rings. The summed E-state index contributed by atoms with van der Waals surface area (Å²) in [5.74, 6) is -0.0267. The number of carbonyl (C=O) groups is 1. The molecule has 0 saturated heterocycles. The fourth-order valence-corrected chi connectivity index (χ4v) is 2.48. The monoisotopic (exact) mass is 268 g/mol. The van der Waals surface area contributed by atoms with Crippen LogP contribution in [0.3, 0.4) is 0 Å². The van der Waals surface area contributed by atoms with Gasteiger partial charge in [-0.2, -0.15) is 0 Å². The SMILES string of the molecule is CCC(CC)(C(=O)N(C)Cc1ccoc1)C(N)=S. The Morgan fingerprint density at radius 3 is 2.50 bits per heavy atom. The molecule has 1 aromatic heterocycles. The highest BCUT2D eigenvalue weighted by Gasteiger charge is 2.39. The van der Waals surface area contributed by atoms with E-state index in [1.54, 1.807) is 24.5 Å². The van der Waals surface area contributed by atoms with Crippen molar-refractivity contribution in [2.45, 2.75) is 33.2 Å². The normalized spacial score (nSPS) is 11.3. The first kappa shape index (κ1) is 14.7. The minimum Gasteiger partial charge on any atom is -0.472 e. The molecule has 0 atom stereocenters. The summed E-state index contributed by atoms with van der Waals surface area (Å²) in [5.41, 5.74) is 6.00. The second-order valence-electron chi connectivity index (χ2n) is 4.45. The predicted molar refractivity (Wildman–Crippen MR) is 75.0 cm³/mol. The van der Waals surface area contributed by atoms with Crippen molar-refractivity contribution >= 4 is 23.1 Å². The average Bonchev–Trinajstić information content (AvgIpc) is 2.83. The maximum absolute atomic E-state index is 12.5. The van der Waals surface area contributed by atoms with E-state index in [0.717, 1.165) is 5.56 Å². The number of rotatable bonds is 6. The molecule has 1 heterocycles. The Kier molecular flexibility index (Phi) is 4.90.